The van der Waals surface area contributed by atoms with Gasteiger partial charge in [-0.05, 0) is 42.3 Å². The Morgan fingerprint density at radius 3 is 2.45 bits per heavy atom. The van der Waals surface area contributed by atoms with Crippen LogP contribution in [0.2, 0.25) is 0 Å². The van der Waals surface area contributed by atoms with E-state index < -0.39 is 0 Å². The molecule has 0 saturated carbocycles. The van der Waals surface area contributed by atoms with Crippen molar-refractivity contribution < 1.29 is 9.53 Å². The molecule has 0 unspecified atom stereocenters. The number of fused-ring (bicyclic) bond motifs is 1. The fraction of sp³-hybridized carbons (Fsp3) is 0.235. The molecule has 20 heavy (non-hydrogen) atoms. The lowest BCUT2D eigenvalue weighted by atomic mass is 10.1. The van der Waals surface area contributed by atoms with Crippen LogP contribution in [0.3, 0.4) is 0 Å². The van der Waals surface area contributed by atoms with Gasteiger partial charge < -0.3 is 9.64 Å². The molecule has 3 nitrogen and oxygen atoms in total. The van der Waals surface area contributed by atoms with Crippen molar-refractivity contribution in [2.45, 2.75) is 20.0 Å². The Morgan fingerprint density at radius 1 is 1.05 bits per heavy atom. The zero-order valence-corrected chi connectivity index (χ0v) is 11.7. The maximum Gasteiger partial charge on any atom is 0.337 e. The summed E-state index contributed by atoms with van der Waals surface area (Å²) in [4.78, 5) is 13.9. The lowest BCUT2D eigenvalue weighted by molar-refractivity contribution is 0.0600. The van der Waals surface area contributed by atoms with Crippen molar-refractivity contribution in [2.24, 2.45) is 0 Å². The van der Waals surface area contributed by atoms with Crippen LogP contribution in [0.15, 0.2) is 42.5 Å². The third-order valence-electron chi connectivity index (χ3n) is 3.75. The van der Waals surface area contributed by atoms with Crippen molar-refractivity contribution >= 4 is 11.7 Å². The highest BCUT2D eigenvalue weighted by molar-refractivity contribution is 5.89. The maximum atomic E-state index is 11.6. The third kappa shape index (κ3) is 2.27. The summed E-state index contributed by atoms with van der Waals surface area (Å²) in [5.41, 5.74) is 5.58. The molecular weight excluding hydrogens is 250 g/mol. The van der Waals surface area contributed by atoms with Crippen molar-refractivity contribution in [3.05, 3.63) is 64.7 Å². The number of carbonyl (C=O) groups excluding carboxylic acids is 1. The van der Waals surface area contributed by atoms with E-state index in [4.69, 9.17) is 4.74 Å². The van der Waals surface area contributed by atoms with Crippen LogP contribution in [0, 0.1) is 6.92 Å². The number of hydrogen-bond donors (Lipinski definition) is 0. The Bertz CT molecular complexity index is 647. The largest absolute Gasteiger partial charge is 0.465 e. The average molecular weight is 267 g/mol. The van der Waals surface area contributed by atoms with E-state index in [1.54, 1.807) is 0 Å². The third-order valence-corrected chi connectivity index (χ3v) is 3.75. The first-order chi connectivity index (χ1) is 9.67. The van der Waals surface area contributed by atoms with Gasteiger partial charge in [-0.15, -0.1) is 0 Å². The second-order valence-electron chi connectivity index (χ2n) is 5.17. The Labute approximate surface area is 118 Å². The van der Waals surface area contributed by atoms with Crippen LogP contribution >= 0.6 is 0 Å². The van der Waals surface area contributed by atoms with Gasteiger partial charge in [-0.3, -0.25) is 0 Å². The monoisotopic (exact) mass is 267 g/mol. The molecule has 1 aliphatic heterocycles. The molecule has 0 spiro atoms. The predicted molar refractivity (Wildman–Crippen MR) is 78.8 cm³/mol. The number of anilines is 1. The summed E-state index contributed by atoms with van der Waals surface area (Å²) in [5, 5.41) is 0. The van der Waals surface area contributed by atoms with Gasteiger partial charge in [0.1, 0.15) is 0 Å². The summed E-state index contributed by atoms with van der Waals surface area (Å²) in [5.74, 6) is -0.276. The molecule has 0 bridgehead atoms. The normalized spacial score (nSPS) is 13.2. The predicted octanol–water partition coefficient (Wildman–Crippen LogP) is 3.30. The van der Waals surface area contributed by atoms with Crippen molar-refractivity contribution in [3.63, 3.8) is 0 Å². The van der Waals surface area contributed by atoms with Crippen LogP contribution in [-0.2, 0) is 17.8 Å². The molecule has 1 heterocycles. The molecule has 102 valence electrons. The minimum absolute atomic E-state index is 0.276. The van der Waals surface area contributed by atoms with Gasteiger partial charge in [-0.2, -0.15) is 0 Å². The summed E-state index contributed by atoms with van der Waals surface area (Å²) in [6, 6.07) is 14.3. The Kier molecular flexibility index (Phi) is 3.18. The fourth-order valence-electron chi connectivity index (χ4n) is 2.58. The average Bonchev–Trinajstić information content (AvgIpc) is 2.90. The second kappa shape index (κ2) is 5.00. The Hall–Kier alpha value is -2.29. The van der Waals surface area contributed by atoms with E-state index in [2.05, 4.69) is 36.1 Å². The number of hydrogen-bond acceptors (Lipinski definition) is 3. The number of aryl methyl sites for hydroxylation is 1. The van der Waals surface area contributed by atoms with Crippen molar-refractivity contribution in [1.29, 1.82) is 0 Å². The number of ether oxygens (including phenoxy) is 1. The summed E-state index contributed by atoms with van der Waals surface area (Å²) in [6.45, 7) is 3.81. The highest BCUT2D eigenvalue weighted by Crippen LogP contribution is 2.29. The molecule has 1 aliphatic rings. The van der Waals surface area contributed by atoms with Gasteiger partial charge in [0.2, 0.25) is 0 Å². The molecule has 2 aromatic carbocycles. The molecule has 3 rings (SSSR count). The van der Waals surface area contributed by atoms with Gasteiger partial charge >= 0.3 is 5.97 Å². The van der Waals surface area contributed by atoms with Crippen LogP contribution < -0.4 is 4.90 Å². The van der Waals surface area contributed by atoms with E-state index in [9.17, 15) is 4.79 Å². The van der Waals surface area contributed by atoms with Crippen molar-refractivity contribution in [3.8, 4) is 0 Å². The summed E-state index contributed by atoms with van der Waals surface area (Å²) < 4.78 is 4.77. The van der Waals surface area contributed by atoms with Crippen LogP contribution in [-0.4, -0.2) is 13.1 Å². The van der Waals surface area contributed by atoms with Gasteiger partial charge in [-0.1, -0.05) is 23.8 Å². The van der Waals surface area contributed by atoms with Crippen molar-refractivity contribution in [1.82, 2.24) is 0 Å². The highest BCUT2D eigenvalue weighted by Gasteiger charge is 2.20. The fourth-order valence-corrected chi connectivity index (χ4v) is 2.58. The van der Waals surface area contributed by atoms with E-state index in [-0.39, 0.29) is 5.97 Å². The van der Waals surface area contributed by atoms with Gasteiger partial charge in [0, 0.05) is 18.8 Å². The highest BCUT2D eigenvalue weighted by atomic mass is 16.5. The number of carbonyl (C=O) groups is 1. The zero-order chi connectivity index (χ0) is 14.1. The van der Waals surface area contributed by atoms with Gasteiger partial charge in [0.25, 0.3) is 0 Å². The number of methoxy groups -OCH3 is 1. The smallest absolute Gasteiger partial charge is 0.337 e. The zero-order valence-electron chi connectivity index (χ0n) is 11.7. The van der Waals surface area contributed by atoms with E-state index in [1.165, 1.54) is 29.5 Å². The Morgan fingerprint density at radius 2 is 1.75 bits per heavy atom. The molecule has 0 aliphatic carbocycles. The lowest BCUT2D eigenvalue weighted by Gasteiger charge is -2.17. The topological polar surface area (TPSA) is 29.5 Å². The first kappa shape index (κ1) is 12.7. The number of rotatable bonds is 2. The van der Waals surface area contributed by atoms with Gasteiger partial charge in [0.15, 0.2) is 0 Å². The number of esters is 1. The molecule has 0 N–H and O–H groups in total. The summed E-state index contributed by atoms with van der Waals surface area (Å²) in [7, 11) is 1.41. The first-order valence-corrected chi connectivity index (χ1v) is 6.69. The molecule has 0 radical (unpaired) electrons. The minimum atomic E-state index is -0.276. The Balaban J connectivity index is 1.85. The van der Waals surface area contributed by atoms with Gasteiger partial charge in [0.05, 0.1) is 12.7 Å². The quantitative estimate of drug-likeness (QED) is 0.782. The van der Waals surface area contributed by atoms with E-state index in [0.717, 1.165) is 13.1 Å². The van der Waals surface area contributed by atoms with Crippen LogP contribution in [0.1, 0.15) is 27.0 Å². The van der Waals surface area contributed by atoms with Crippen LogP contribution in [0.4, 0.5) is 5.69 Å². The molecule has 0 atom stereocenters. The molecule has 0 amide bonds. The van der Waals surface area contributed by atoms with Crippen molar-refractivity contribution in [2.75, 3.05) is 12.0 Å². The lowest BCUT2D eigenvalue weighted by Crippen LogP contribution is -2.14. The van der Waals surface area contributed by atoms with Gasteiger partial charge in [-0.25, -0.2) is 4.79 Å². The molecular formula is C17H17NO2. The SMILES string of the molecule is COC(=O)c1ccc2c(c1)CN(c1ccc(C)cc1)C2. The van der Waals surface area contributed by atoms with Crippen LogP contribution in [0.25, 0.3) is 0 Å². The van der Waals surface area contributed by atoms with E-state index >= 15 is 0 Å². The van der Waals surface area contributed by atoms with E-state index in [0.29, 0.717) is 5.56 Å². The summed E-state index contributed by atoms with van der Waals surface area (Å²) in [6.07, 6.45) is 0. The summed E-state index contributed by atoms with van der Waals surface area (Å²) >= 11 is 0. The minimum Gasteiger partial charge on any atom is -0.465 e. The molecule has 0 saturated heterocycles. The standard InChI is InChI=1S/C17H17NO2/c1-12-3-7-16(8-4-12)18-10-14-6-5-13(17(19)20-2)9-15(14)11-18/h3-9H,10-11H2,1-2H3. The van der Waals surface area contributed by atoms with E-state index in [1.807, 2.05) is 18.2 Å². The molecule has 3 heteroatoms. The van der Waals surface area contributed by atoms with Crippen LogP contribution in [0.5, 0.6) is 0 Å². The maximum absolute atomic E-state index is 11.6. The first-order valence-electron chi connectivity index (χ1n) is 6.69. The molecule has 0 fully saturated rings. The molecule has 2 aromatic rings. The second-order valence-corrected chi connectivity index (χ2v) is 5.17. The number of nitrogens with zero attached hydrogens (tertiary/aromatic N) is 1. The molecule has 0 aromatic heterocycles. The number of benzene rings is 2.